The zero-order chi connectivity index (χ0) is 14.9. The molecule has 1 fully saturated rings. The van der Waals surface area contributed by atoms with Crippen LogP contribution in [0.4, 0.5) is 0 Å². The van der Waals surface area contributed by atoms with Crippen LogP contribution in [0.1, 0.15) is 44.1 Å². The molecule has 112 valence electrons. The van der Waals surface area contributed by atoms with Crippen LogP contribution in [0.25, 0.3) is 0 Å². The SMILES string of the molecule is N#CCc1ccc(OCC(=O)NC2CCCCCC2)cc1. The normalized spacial score (nSPS) is 15.8. The van der Waals surface area contributed by atoms with Crippen LogP contribution in [0, 0.1) is 11.3 Å². The van der Waals surface area contributed by atoms with Crippen molar-refractivity contribution in [3.05, 3.63) is 29.8 Å². The molecule has 0 radical (unpaired) electrons. The Morgan fingerprint density at radius 3 is 2.48 bits per heavy atom. The van der Waals surface area contributed by atoms with Crippen LogP contribution in [0.15, 0.2) is 24.3 Å². The summed E-state index contributed by atoms with van der Waals surface area (Å²) in [5.41, 5.74) is 0.952. The summed E-state index contributed by atoms with van der Waals surface area (Å²) in [6, 6.07) is 9.70. The van der Waals surface area contributed by atoms with Gasteiger partial charge in [0.15, 0.2) is 6.61 Å². The maximum Gasteiger partial charge on any atom is 0.258 e. The standard InChI is InChI=1S/C17H22N2O2/c18-12-11-14-7-9-16(10-8-14)21-13-17(20)19-15-5-3-1-2-4-6-15/h7-10,15H,1-6,11,13H2,(H,19,20). The van der Waals surface area contributed by atoms with Gasteiger partial charge in [-0.25, -0.2) is 0 Å². The van der Waals surface area contributed by atoms with E-state index in [4.69, 9.17) is 10.00 Å². The van der Waals surface area contributed by atoms with Gasteiger partial charge >= 0.3 is 0 Å². The van der Waals surface area contributed by atoms with Crippen LogP contribution in [-0.2, 0) is 11.2 Å². The first-order valence-corrected chi connectivity index (χ1v) is 7.66. The molecule has 2 rings (SSSR count). The van der Waals surface area contributed by atoms with E-state index in [2.05, 4.69) is 11.4 Å². The van der Waals surface area contributed by atoms with Gasteiger partial charge in [0, 0.05) is 6.04 Å². The van der Waals surface area contributed by atoms with E-state index < -0.39 is 0 Å². The van der Waals surface area contributed by atoms with Gasteiger partial charge in [-0.3, -0.25) is 4.79 Å². The number of benzene rings is 1. The van der Waals surface area contributed by atoms with Gasteiger partial charge < -0.3 is 10.1 Å². The molecule has 4 nitrogen and oxygen atoms in total. The number of carbonyl (C=O) groups is 1. The van der Waals surface area contributed by atoms with Gasteiger partial charge in [0.2, 0.25) is 0 Å². The number of amides is 1. The molecule has 0 aliphatic heterocycles. The number of nitriles is 1. The van der Waals surface area contributed by atoms with Crippen molar-refractivity contribution in [3.63, 3.8) is 0 Å². The molecule has 1 N–H and O–H groups in total. The number of rotatable bonds is 5. The Balaban J connectivity index is 1.74. The number of carbonyl (C=O) groups excluding carboxylic acids is 1. The lowest BCUT2D eigenvalue weighted by Gasteiger charge is -2.16. The second kappa shape index (κ2) is 8.31. The minimum Gasteiger partial charge on any atom is -0.484 e. The monoisotopic (exact) mass is 286 g/mol. The molecule has 21 heavy (non-hydrogen) atoms. The molecule has 0 aromatic heterocycles. The average Bonchev–Trinajstić information content (AvgIpc) is 2.75. The highest BCUT2D eigenvalue weighted by Gasteiger charge is 2.14. The summed E-state index contributed by atoms with van der Waals surface area (Å²) in [7, 11) is 0. The predicted octanol–water partition coefficient (Wildman–Crippen LogP) is 2.97. The Hall–Kier alpha value is -2.02. The largest absolute Gasteiger partial charge is 0.484 e. The summed E-state index contributed by atoms with van der Waals surface area (Å²) in [6.45, 7) is 0.0497. The molecule has 0 unspecified atom stereocenters. The summed E-state index contributed by atoms with van der Waals surface area (Å²) in [4.78, 5) is 11.9. The molecule has 1 aromatic carbocycles. The van der Waals surface area contributed by atoms with Crippen molar-refractivity contribution in [2.75, 3.05) is 6.61 Å². The average molecular weight is 286 g/mol. The number of hydrogen-bond acceptors (Lipinski definition) is 3. The Bertz CT molecular complexity index is 483. The molecule has 1 aliphatic rings. The quantitative estimate of drug-likeness (QED) is 0.846. The molecule has 0 spiro atoms. The van der Waals surface area contributed by atoms with Gasteiger partial charge in [-0.2, -0.15) is 5.26 Å². The maximum absolute atomic E-state index is 11.9. The second-order valence-corrected chi connectivity index (χ2v) is 5.52. The third kappa shape index (κ3) is 5.47. The topological polar surface area (TPSA) is 62.1 Å². The van der Waals surface area contributed by atoms with Crippen molar-refractivity contribution in [2.45, 2.75) is 51.0 Å². The Labute approximate surface area is 126 Å². The van der Waals surface area contributed by atoms with E-state index in [1.54, 1.807) is 12.1 Å². The lowest BCUT2D eigenvalue weighted by atomic mass is 10.1. The van der Waals surface area contributed by atoms with Gasteiger partial charge in [-0.15, -0.1) is 0 Å². The van der Waals surface area contributed by atoms with E-state index >= 15 is 0 Å². The lowest BCUT2D eigenvalue weighted by Crippen LogP contribution is -2.37. The Kier molecular flexibility index (Phi) is 6.08. The molecule has 0 atom stereocenters. The van der Waals surface area contributed by atoms with Crippen LogP contribution >= 0.6 is 0 Å². The highest BCUT2D eigenvalue weighted by Crippen LogP contribution is 2.17. The van der Waals surface area contributed by atoms with E-state index in [1.165, 1.54) is 25.7 Å². The minimum atomic E-state index is -0.0528. The molecular weight excluding hydrogens is 264 g/mol. The fourth-order valence-electron chi connectivity index (χ4n) is 2.64. The smallest absolute Gasteiger partial charge is 0.258 e. The molecule has 0 heterocycles. The highest BCUT2D eigenvalue weighted by molar-refractivity contribution is 5.77. The first kappa shape index (κ1) is 15.4. The Morgan fingerprint density at radius 1 is 1.19 bits per heavy atom. The van der Waals surface area contributed by atoms with E-state index in [0.29, 0.717) is 18.2 Å². The minimum absolute atomic E-state index is 0.0497. The number of nitrogens with zero attached hydrogens (tertiary/aromatic N) is 1. The zero-order valence-electron chi connectivity index (χ0n) is 12.3. The Morgan fingerprint density at radius 2 is 1.86 bits per heavy atom. The molecular formula is C17H22N2O2. The summed E-state index contributed by atoms with van der Waals surface area (Å²) in [5, 5.41) is 11.7. The van der Waals surface area contributed by atoms with Gasteiger partial charge in [-0.1, -0.05) is 37.8 Å². The molecule has 4 heteroatoms. The predicted molar refractivity (Wildman–Crippen MR) is 80.9 cm³/mol. The summed E-state index contributed by atoms with van der Waals surface area (Å²) in [5.74, 6) is 0.607. The number of hydrogen-bond donors (Lipinski definition) is 1. The van der Waals surface area contributed by atoms with Crippen LogP contribution < -0.4 is 10.1 Å². The van der Waals surface area contributed by atoms with Crippen molar-refractivity contribution < 1.29 is 9.53 Å². The van der Waals surface area contributed by atoms with Crippen molar-refractivity contribution in [1.82, 2.24) is 5.32 Å². The maximum atomic E-state index is 11.9. The lowest BCUT2D eigenvalue weighted by molar-refractivity contribution is -0.123. The van der Waals surface area contributed by atoms with Gasteiger partial charge in [0.05, 0.1) is 12.5 Å². The highest BCUT2D eigenvalue weighted by atomic mass is 16.5. The number of ether oxygens (including phenoxy) is 1. The number of nitrogens with one attached hydrogen (secondary N) is 1. The summed E-state index contributed by atoms with van der Waals surface area (Å²) in [6.07, 6.45) is 7.50. The molecule has 0 bridgehead atoms. The third-order valence-corrected chi connectivity index (χ3v) is 3.80. The first-order chi connectivity index (χ1) is 10.3. The van der Waals surface area contributed by atoms with E-state index in [-0.39, 0.29) is 12.5 Å². The van der Waals surface area contributed by atoms with Gasteiger partial charge in [-0.05, 0) is 30.5 Å². The molecule has 1 aliphatic carbocycles. The summed E-state index contributed by atoms with van der Waals surface area (Å²) >= 11 is 0. The second-order valence-electron chi connectivity index (χ2n) is 5.52. The fourth-order valence-corrected chi connectivity index (χ4v) is 2.64. The summed E-state index contributed by atoms with van der Waals surface area (Å²) < 4.78 is 5.48. The molecule has 1 amide bonds. The van der Waals surface area contributed by atoms with Crippen molar-refractivity contribution >= 4 is 5.91 Å². The van der Waals surface area contributed by atoms with Gasteiger partial charge in [0.1, 0.15) is 5.75 Å². The van der Waals surface area contributed by atoms with Gasteiger partial charge in [0.25, 0.3) is 5.91 Å². The fraction of sp³-hybridized carbons (Fsp3) is 0.529. The molecule has 0 saturated heterocycles. The van der Waals surface area contributed by atoms with Crippen molar-refractivity contribution in [2.24, 2.45) is 0 Å². The third-order valence-electron chi connectivity index (χ3n) is 3.80. The zero-order valence-corrected chi connectivity index (χ0v) is 12.3. The van der Waals surface area contributed by atoms with E-state index in [0.717, 1.165) is 18.4 Å². The molecule has 1 saturated carbocycles. The van der Waals surface area contributed by atoms with Crippen LogP contribution in [0.5, 0.6) is 5.75 Å². The van der Waals surface area contributed by atoms with Crippen LogP contribution in [0.3, 0.4) is 0 Å². The van der Waals surface area contributed by atoms with Crippen LogP contribution in [-0.4, -0.2) is 18.6 Å². The molecule has 1 aromatic rings. The van der Waals surface area contributed by atoms with Crippen molar-refractivity contribution in [3.8, 4) is 11.8 Å². The first-order valence-electron chi connectivity index (χ1n) is 7.66. The van der Waals surface area contributed by atoms with Crippen LogP contribution in [0.2, 0.25) is 0 Å². The van der Waals surface area contributed by atoms with Crippen molar-refractivity contribution in [1.29, 1.82) is 5.26 Å². The van der Waals surface area contributed by atoms with E-state index in [1.807, 2.05) is 12.1 Å². The van der Waals surface area contributed by atoms with E-state index in [9.17, 15) is 4.79 Å².